The molecule has 0 unspecified atom stereocenters. The highest BCUT2D eigenvalue weighted by Crippen LogP contribution is 2.14. The standard InChI is InChI=1S/C12H16N4O3/c1-3-16-7-14-15-11(16)6-13-5-9-4-10(12(17)18)8(2)19-9/h4,7,13H,3,5-6H2,1-2H3,(H,17,18). The van der Waals surface area contributed by atoms with E-state index < -0.39 is 5.97 Å². The molecule has 7 nitrogen and oxygen atoms in total. The number of aryl methyl sites for hydroxylation is 2. The molecule has 0 radical (unpaired) electrons. The van der Waals surface area contributed by atoms with Crippen LogP contribution in [0.5, 0.6) is 0 Å². The van der Waals surface area contributed by atoms with Gasteiger partial charge in [-0.25, -0.2) is 4.79 Å². The largest absolute Gasteiger partial charge is 0.478 e. The summed E-state index contributed by atoms with van der Waals surface area (Å²) >= 11 is 0. The van der Waals surface area contributed by atoms with Crippen LogP contribution in [0.3, 0.4) is 0 Å². The molecule has 0 aliphatic heterocycles. The minimum atomic E-state index is -0.974. The minimum Gasteiger partial charge on any atom is -0.478 e. The second-order valence-electron chi connectivity index (χ2n) is 4.12. The van der Waals surface area contributed by atoms with E-state index in [0.717, 1.165) is 12.4 Å². The van der Waals surface area contributed by atoms with Crippen LogP contribution in [-0.2, 0) is 19.6 Å². The van der Waals surface area contributed by atoms with E-state index in [1.54, 1.807) is 13.3 Å². The third-order valence-electron chi connectivity index (χ3n) is 2.82. The van der Waals surface area contributed by atoms with Crippen LogP contribution in [0, 0.1) is 6.92 Å². The Bertz CT molecular complexity index is 573. The van der Waals surface area contributed by atoms with Gasteiger partial charge in [-0.3, -0.25) is 0 Å². The lowest BCUT2D eigenvalue weighted by atomic mass is 10.2. The van der Waals surface area contributed by atoms with Gasteiger partial charge in [0.15, 0.2) is 0 Å². The number of carboxylic acids is 1. The number of hydrogen-bond acceptors (Lipinski definition) is 5. The highest BCUT2D eigenvalue weighted by molar-refractivity contribution is 5.88. The van der Waals surface area contributed by atoms with Gasteiger partial charge in [0, 0.05) is 6.54 Å². The van der Waals surface area contributed by atoms with Crippen LogP contribution in [0.15, 0.2) is 16.8 Å². The van der Waals surface area contributed by atoms with Crippen molar-refractivity contribution in [3.05, 3.63) is 35.3 Å². The molecule has 0 aliphatic rings. The van der Waals surface area contributed by atoms with Gasteiger partial charge in [-0.1, -0.05) is 0 Å². The lowest BCUT2D eigenvalue weighted by Gasteiger charge is -2.03. The van der Waals surface area contributed by atoms with Gasteiger partial charge in [-0.05, 0) is 19.9 Å². The molecule has 7 heteroatoms. The molecule has 2 heterocycles. The highest BCUT2D eigenvalue weighted by Gasteiger charge is 2.13. The van der Waals surface area contributed by atoms with Gasteiger partial charge in [0.05, 0.1) is 13.1 Å². The van der Waals surface area contributed by atoms with E-state index in [4.69, 9.17) is 9.52 Å². The normalized spacial score (nSPS) is 10.8. The van der Waals surface area contributed by atoms with E-state index in [2.05, 4.69) is 15.5 Å². The molecule has 2 rings (SSSR count). The summed E-state index contributed by atoms with van der Waals surface area (Å²) in [5, 5.41) is 19.9. The Morgan fingerprint density at radius 1 is 1.53 bits per heavy atom. The molecule has 0 aliphatic carbocycles. The molecule has 0 saturated carbocycles. The number of carboxylic acid groups (broad SMARTS) is 1. The fraction of sp³-hybridized carbons (Fsp3) is 0.417. The zero-order valence-corrected chi connectivity index (χ0v) is 10.9. The molecule has 0 spiro atoms. The van der Waals surface area contributed by atoms with Gasteiger partial charge in [0.2, 0.25) is 0 Å². The second-order valence-corrected chi connectivity index (χ2v) is 4.12. The van der Waals surface area contributed by atoms with Crippen molar-refractivity contribution in [1.29, 1.82) is 0 Å². The summed E-state index contributed by atoms with van der Waals surface area (Å²) in [6.07, 6.45) is 1.68. The van der Waals surface area contributed by atoms with Crippen molar-refractivity contribution in [2.75, 3.05) is 0 Å². The quantitative estimate of drug-likeness (QED) is 0.814. The van der Waals surface area contributed by atoms with Crippen LogP contribution in [0.25, 0.3) is 0 Å². The summed E-state index contributed by atoms with van der Waals surface area (Å²) < 4.78 is 7.30. The smallest absolute Gasteiger partial charge is 0.339 e. The van der Waals surface area contributed by atoms with Crippen LogP contribution in [0.1, 0.15) is 34.6 Å². The van der Waals surface area contributed by atoms with Gasteiger partial charge in [0.1, 0.15) is 29.2 Å². The first-order chi connectivity index (χ1) is 9.11. The SMILES string of the molecule is CCn1cnnc1CNCc1cc(C(=O)O)c(C)o1. The number of aromatic carboxylic acids is 1. The van der Waals surface area contributed by atoms with Crippen molar-refractivity contribution >= 4 is 5.97 Å². The predicted molar refractivity (Wildman–Crippen MR) is 66.6 cm³/mol. The molecule has 2 aromatic rings. The van der Waals surface area contributed by atoms with Crippen LogP contribution in [0.4, 0.5) is 0 Å². The molecule has 0 fully saturated rings. The average molecular weight is 264 g/mol. The predicted octanol–water partition coefficient (Wildman–Crippen LogP) is 1.19. The Kier molecular flexibility index (Phi) is 3.96. The van der Waals surface area contributed by atoms with E-state index >= 15 is 0 Å². The number of aromatic nitrogens is 3. The van der Waals surface area contributed by atoms with Crippen LogP contribution in [-0.4, -0.2) is 25.8 Å². The first-order valence-corrected chi connectivity index (χ1v) is 6.01. The Morgan fingerprint density at radius 3 is 2.95 bits per heavy atom. The first-order valence-electron chi connectivity index (χ1n) is 6.01. The zero-order valence-electron chi connectivity index (χ0n) is 10.9. The molecular formula is C12H16N4O3. The van der Waals surface area contributed by atoms with Crippen molar-refractivity contribution in [3.8, 4) is 0 Å². The van der Waals surface area contributed by atoms with Gasteiger partial charge >= 0.3 is 5.97 Å². The van der Waals surface area contributed by atoms with Gasteiger partial charge < -0.3 is 19.4 Å². The lowest BCUT2D eigenvalue weighted by molar-refractivity contribution is 0.0695. The average Bonchev–Trinajstić information content (AvgIpc) is 2.95. The number of hydrogen-bond donors (Lipinski definition) is 2. The Balaban J connectivity index is 1.93. The maximum atomic E-state index is 10.9. The fourth-order valence-corrected chi connectivity index (χ4v) is 1.82. The van der Waals surface area contributed by atoms with Crippen molar-refractivity contribution < 1.29 is 14.3 Å². The Labute approximate surface area is 110 Å². The molecule has 2 N–H and O–H groups in total. The first kappa shape index (κ1) is 13.3. The Morgan fingerprint density at radius 2 is 2.32 bits per heavy atom. The third kappa shape index (κ3) is 3.00. The number of rotatable bonds is 6. The molecule has 0 atom stereocenters. The maximum Gasteiger partial charge on any atom is 0.339 e. The summed E-state index contributed by atoms with van der Waals surface area (Å²) in [6, 6.07) is 1.54. The van der Waals surface area contributed by atoms with Gasteiger partial charge in [-0.2, -0.15) is 0 Å². The van der Waals surface area contributed by atoms with E-state index in [1.807, 2.05) is 11.5 Å². The fourth-order valence-electron chi connectivity index (χ4n) is 1.82. The number of nitrogens with one attached hydrogen (secondary N) is 1. The Hall–Kier alpha value is -2.15. The number of nitrogens with zero attached hydrogens (tertiary/aromatic N) is 3. The van der Waals surface area contributed by atoms with Crippen molar-refractivity contribution in [1.82, 2.24) is 20.1 Å². The summed E-state index contributed by atoms with van der Waals surface area (Å²) in [5.41, 5.74) is 0.202. The zero-order chi connectivity index (χ0) is 13.8. The van der Waals surface area contributed by atoms with E-state index in [1.165, 1.54) is 6.07 Å². The summed E-state index contributed by atoms with van der Waals surface area (Å²) in [4.78, 5) is 10.9. The molecule has 0 aromatic carbocycles. The number of carbonyl (C=O) groups is 1. The maximum absolute atomic E-state index is 10.9. The van der Waals surface area contributed by atoms with Crippen molar-refractivity contribution in [2.45, 2.75) is 33.5 Å². The summed E-state index contributed by atoms with van der Waals surface area (Å²) in [7, 11) is 0. The molecule has 102 valence electrons. The van der Waals surface area contributed by atoms with E-state index in [-0.39, 0.29) is 5.56 Å². The van der Waals surface area contributed by atoms with Gasteiger partial charge in [-0.15, -0.1) is 10.2 Å². The van der Waals surface area contributed by atoms with Crippen molar-refractivity contribution in [3.63, 3.8) is 0 Å². The summed E-state index contributed by atoms with van der Waals surface area (Å²) in [5.74, 6) is 0.876. The van der Waals surface area contributed by atoms with Crippen LogP contribution >= 0.6 is 0 Å². The molecule has 0 amide bonds. The third-order valence-corrected chi connectivity index (χ3v) is 2.82. The highest BCUT2D eigenvalue weighted by atomic mass is 16.4. The van der Waals surface area contributed by atoms with E-state index in [9.17, 15) is 4.79 Å². The summed E-state index contributed by atoms with van der Waals surface area (Å²) in [6.45, 7) is 5.47. The minimum absolute atomic E-state index is 0.202. The van der Waals surface area contributed by atoms with E-state index in [0.29, 0.717) is 24.6 Å². The second kappa shape index (κ2) is 5.66. The molecule has 2 aromatic heterocycles. The van der Waals surface area contributed by atoms with Gasteiger partial charge in [0.25, 0.3) is 0 Å². The lowest BCUT2D eigenvalue weighted by Crippen LogP contribution is -2.16. The van der Waals surface area contributed by atoms with Crippen LogP contribution < -0.4 is 5.32 Å². The van der Waals surface area contributed by atoms with Crippen molar-refractivity contribution in [2.24, 2.45) is 0 Å². The molecule has 0 saturated heterocycles. The number of furan rings is 1. The monoisotopic (exact) mass is 264 g/mol. The molecule has 0 bridgehead atoms. The molecule has 19 heavy (non-hydrogen) atoms. The topological polar surface area (TPSA) is 93.2 Å². The van der Waals surface area contributed by atoms with Crippen LogP contribution in [0.2, 0.25) is 0 Å². The molecular weight excluding hydrogens is 248 g/mol.